The van der Waals surface area contributed by atoms with Crippen LogP contribution in [-0.4, -0.2) is 27.4 Å². The number of rotatable bonds is 5. The highest BCUT2D eigenvalue weighted by molar-refractivity contribution is 5.82. The number of carbonyl (C=O) groups is 1. The molecule has 1 saturated carbocycles. The molecule has 0 unspecified atom stereocenters. The number of aromatic nitrogens is 3. The van der Waals surface area contributed by atoms with Gasteiger partial charge in [0.25, 0.3) is 0 Å². The zero-order valence-corrected chi connectivity index (χ0v) is 9.81. The molecule has 16 heavy (non-hydrogen) atoms. The standard InChI is InChI=1S/C11H18N4O/c1-11(2)8-9(11)10(16)12-4-3-6-15-7-5-13-14-15/h5,7,9H,3-4,6,8H2,1-2H3,(H,12,16)/t9-/m0/s1. The molecule has 0 aromatic carbocycles. The lowest BCUT2D eigenvalue weighted by atomic mass is 10.1. The fraction of sp³-hybridized carbons (Fsp3) is 0.727. The number of hydrogen-bond donors (Lipinski definition) is 1. The van der Waals surface area contributed by atoms with Gasteiger partial charge in [0.05, 0.1) is 6.20 Å². The van der Waals surface area contributed by atoms with Gasteiger partial charge < -0.3 is 5.32 Å². The van der Waals surface area contributed by atoms with Crippen LogP contribution in [0, 0.1) is 11.3 Å². The van der Waals surface area contributed by atoms with Crippen molar-refractivity contribution < 1.29 is 4.79 Å². The molecule has 1 heterocycles. The fourth-order valence-electron chi connectivity index (χ4n) is 1.84. The first-order chi connectivity index (χ1) is 7.59. The Morgan fingerprint density at radius 3 is 2.94 bits per heavy atom. The molecule has 0 radical (unpaired) electrons. The lowest BCUT2D eigenvalue weighted by molar-refractivity contribution is -0.122. The van der Waals surface area contributed by atoms with Gasteiger partial charge >= 0.3 is 0 Å². The molecule has 0 bridgehead atoms. The highest BCUT2D eigenvalue weighted by Crippen LogP contribution is 2.51. The Kier molecular flexibility index (Phi) is 2.94. The highest BCUT2D eigenvalue weighted by Gasteiger charge is 2.50. The second kappa shape index (κ2) is 4.23. The molecule has 1 fully saturated rings. The van der Waals surface area contributed by atoms with Gasteiger partial charge in [-0.05, 0) is 18.3 Å². The zero-order chi connectivity index (χ0) is 11.6. The van der Waals surface area contributed by atoms with Crippen LogP contribution in [0.4, 0.5) is 0 Å². The molecule has 1 amide bonds. The summed E-state index contributed by atoms with van der Waals surface area (Å²) in [5.41, 5.74) is 0.218. The molecule has 2 rings (SSSR count). The molecule has 1 atom stereocenters. The number of nitrogens with zero attached hydrogens (tertiary/aromatic N) is 3. The van der Waals surface area contributed by atoms with E-state index in [0.29, 0.717) is 6.54 Å². The van der Waals surface area contributed by atoms with E-state index in [1.54, 1.807) is 10.9 Å². The van der Waals surface area contributed by atoms with Crippen LogP contribution in [0.2, 0.25) is 0 Å². The van der Waals surface area contributed by atoms with E-state index in [0.717, 1.165) is 19.4 Å². The van der Waals surface area contributed by atoms with E-state index in [4.69, 9.17) is 0 Å². The molecule has 1 aliphatic carbocycles. The van der Waals surface area contributed by atoms with Crippen molar-refractivity contribution >= 4 is 5.91 Å². The molecule has 1 aliphatic rings. The van der Waals surface area contributed by atoms with Crippen molar-refractivity contribution in [1.82, 2.24) is 20.3 Å². The SMILES string of the molecule is CC1(C)C[C@H]1C(=O)NCCCn1ccnn1. The topological polar surface area (TPSA) is 59.8 Å². The second-order valence-corrected chi connectivity index (χ2v) is 5.06. The number of aryl methyl sites for hydroxylation is 1. The van der Waals surface area contributed by atoms with E-state index < -0.39 is 0 Å². The number of carbonyl (C=O) groups excluding carboxylic acids is 1. The van der Waals surface area contributed by atoms with E-state index in [1.807, 2.05) is 6.20 Å². The van der Waals surface area contributed by atoms with Gasteiger partial charge in [0.1, 0.15) is 0 Å². The lowest BCUT2D eigenvalue weighted by Crippen LogP contribution is -2.28. The van der Waals surface area contributed by atoms with E-state index in [2.05, 4.69) is 29.5 Å². The van der Waals surface area contributed by atoms with Crippen LogP contribution in [0.1, 0.15) is 26.7 Å². The lowest BCUT2D eigenvalue weighted by Gasteiger charge is -2.06. The highest BCUT2D eigenvalue weighted by atomic mass is 16.2. The van der Waals surface area contributed by atoms with Crippen LogP contribution in [0.3, 0.4) is 0 Å². The summed E-state index contributed by atoms with van der Waals surface area (Å²) in [6.07, 6.45) is 5.39. The third-order valence-corrected chi connectivity index (χ3v) is 3.17. The normalized spacial score (nSPS) is 21.8. The summed E-state index contributed by atoms with van der Waals surface area (Å²) in [7, 11) is 0. The Morgan fingerprint density at radius 2 is 2.38 bits per heavy atom. The summed E-state index contributed by atoms with van der Waals surface area (Å²) >= 11 is 0. The van der Waals surface area contributed by atoms with Crippen LogP contribution < -0.4 is 5.32 Å². The minimum atomic E-state index is 0.198. The average molecular weight is 222 g/mol. The van der Waals surface area contributed by atoms with Crippen LogP contribution in [0.15, 0.2) is 12.4 Å². The molecular weight excluding hydrogens is 204 g/mol. The smallest absolute Gasteiger partial charge is 0.223 e. The molecule has 88 valence electrons. The maximum absolute atomic E-state index is 11.6. The first kappa shape index (κ1) is 11.1. The molecular formula is C11H18N4O. The Bertz CT molecular complexity index is 358. The van der Waals surface area contributed by atoms with E-state index >= 15 is 0 Å². The molecule has 1 aromatic heterocycles. The Hall–Kier alpha value is -1.39. The van der Waals surface area contributed by atoms with Gasteiger partial charge in [-0.2, -0.15) is 0 Å². The quantitative estimate of drug-likeness (QED) is 0.751. The van der Waals surface area contributed by atoms with Crippen molar-refractivity contribution in [1.29, 1.82) is 0 Å². The third-order valence-electron chi connectivity index (χ3n) is 3.17. The zero-order valence-electron chi connectivity index (χ0n) is 9.81. The van der Waals surface area contributed by atoms with Gasteiger partial charge in [0.15, 0.2) is 0 Å². The van der Waals surface area contributed by atoms with Crippen LogP contribution in [0.5, 0.6) is 0 Å². The number of hydrogen-bond acceptors (Lipinski definition) is 3. The summed E-state index contributed by atoms with van der Waals surface area (Å²) in [6.45, 7) is 5.78. The molecule has 1 N–H and O–H groups in total. The monoisotopic (exact) mass is 222 g/mol. The maximum atomic E-state index is 11.6. The summed E-state index contributed by atoms with van der Waals surface area (Å²) in [5, 5.41) is 10.5. The molecule has 1 aromatic rings. The first-order valence-corrected chi connectivity index (χ1v) is 5.71. The van der Waals surface area contributed by atoms with E-state index in [-0.39, 0.29) is 17.2 Å². The average Bonchev–Trinajstić information content (AvgIpc) is 2.67. The third kappa shape index (κ3) is 2.59. The van der Waals surface area contributed by atoms with Gasteiger partial charge in [0, 0.05) is 25.2 Å². The van der Waals surface area contributed by atoms with Crippen molar-refractivity contribution in [2.24, 2.45) is 11.3 Å². The Balaban J connectivity index is 1.60. The van der Waals surface area contributed by atoms with Crippen molar-refractivity contribution in [2.45, 2.75) is 33.2 Å². The number of amides is 1. The summed E-state index contributed by atoms with van der Waals surface area (Å²) < 4.78 is 1.77. The summed E-state index contributed by atoms with van der Waals surface area (Å²) in [6, 6.07) is 0. The van der Waals surface area contributed by atoms with Gasteiger partial charge in [-0.1, -0.05) is 19.1 Å². The molecule has 5 heteroatoms. The Morgan fingerprint density at radius 1 is 1.62 bits per heavy atom. The van der Waals surface area contributed by atoms with Crippen LogP contribution in [-0.2, 0) is 11.3 Å². The predicted molar refractivity (Wildman–Crippen MR) is 59.5 cm³/mol. The van der Waals surface area contributed by atoms with E-state index in [1.165, 1.54) is 0 Å². The molecule has 5 nitrogen and oxygen atoms in total. The molecule has 0 saturated heterocycles. The van der Waals surface area contributed by atoms with Gasteiger partial charge in [-0.3, -0.25) is 9.48 Å². The first-order valence-electron chi connectivity index (χ1n) is 5.71. The van der Waals surface area contributed by atoms with Crippen molar-refractivity contribution in [3.8, 4) is 0 Å². The Labute approximate surface area is 95.2 Å². The second-order valence-electron chi connectivity index (χ2n) is 5.06. The van der Waals surface area contributed by atoms with Crippen LogP contribution >= 0.6 is 0 Å². The summed E-state index contributed by atoms with van der Waals surface area (Å²) in [4.78, 5) is 11.6. The van der Waals surface area contributed by atoms with Crippen molar-refractivity contribution in [3.63, 3.8) is 0 Å². The maximum Gasteiger partial charge on any atom is 0.223 e. The van der Waals surface area contributed by atoms with Gasteiger partial charge in [-0.15, -0.1) is 5.10 Å². The van der Waals surface area contributed by atoms with Crippen molar-refractivity contribution in [2.75, 3.05) is 6.54 Å². The fourth-order valence-corrected chi connectivity index (χ4v) is 1.84. The van der Waals surface area contributed by atoms with Crippen LogP contribution in [0.25, 0.3) is 0 Å². The molecule has 0 aliphatic heterocycles. The predicted octanol–water partition coefficient (Wildman–Crippen LogP) is 0.830. The van der Waals surface area contributed by atoms with Gasteiger partial charge in [-0.25, -0.2) is 0 Å². The minimum absolute atomic E-state index is 0.198. The summed E-state index contributed by atoms with van der Waals surface area (Å²) in [5.74, 6) is 0.419. The molecule has 0 spiro atoms. The van der Waals surface area contributed by atoms with E-state index in [9.17, 15) is 4.79 Å². The minimum Gasteiger partial charge on any atom is -0.356 e. The largest absolute Gasteiger partial charge is 0.356 e. The van der Waals surface area contributed by atoms with Crippen molar-refractivity contribution in [3.05, 3.63) is 12.4 Å². The van der Waals surface area contributed by atoms with Gasteiger partial charge in [0.2, 0.25) is 5.91 Å². The number of nitrogens with one attached hydrogen (secondary N) is 1.